The molecule has 0 aromatic heterocycles. The highest BCUT2D eigenvalue weighted by atomic mass is 35.5. The predicted molar refractivity (Wildman–Crippen MR) is 118 cm³/mol. The molecule has 2 aliphatic carbocycles. The van der Waals surface area contributed by atoms with Gasteiger partial charge < -0.3 is 4.90 Å². The Labute approximate surface area is 185 Å². The summed E-state index contributed by atoms with van der Waals surface area (Å²) in [6.45, 7) is 2.54. The summed E-state index contributed by atoms with van der Waals surface area (Å²) >= 11 is 6.14. The zero-order valence-electron chi connectivity index (χ0n) is 17.5. The second-order valence-corrected chi connectivity index (χ2v) is 11.1. The Kier molecular flexibility index (Phi) is 7.02. The highest BCUT2D eigenvalue weighted by molar-refractivity contribution is 7.89. The van der Waals surface area contributed by atoms with Crippen LogP contribution in [0.2, 0.25) is 5.02 Å². The Balaban J connectivity index is 1.38. The molecule has 2 saturated carbocycles. The van der Waals surface area contributed by atoms with E-state index in [1.165, 1.54) is 23.6 Å². The number of benzene rings is 1. The Morgan fingerprint density at radius 2 is 1.63 bits per heavy atom. The molecule has 8 heteroatoms. The van der Waals surface area contributed by atoms with Gasteiger partial charge in [0.15, 0.2) is 0 Å². The molecule has 0 unspecified atom stereocenters. The molecule has 1 aliphatic heterocycles. The van der Waals surface area contributed by atoms with E-state index in [1.807, 2.05) is 0 Å². The predicted octanol–water partition coefficient (Wildman–Crippen LogP) is 3.36. The molecule has 0 spiro atoms. The van der Waals surface area contributed by atoms with Crippen LogP contribution in [0.25, 0.3) is 0 Å². The maximum Gasteiger partial charge on any atom is 0.244 e. The second-order valence-electron chi connectivity index (χ2n) is 8.79. The maximum absolute atomic E-state index is 13.2. The van der Waals surface area contributed by atoms with Gasteiger partial charge >= 0.3 is 0 Å². The molecule has 6 nitrogen and oxygen atoms in total. The van der Waals surface area contributed by atoms with Gasteiger partial charge in [0.05, 0.1) is 11.6 Å². The van der Waals surface area contributed by atoms with Crippen molar-refractivity contribution >= 4 is 27.5 Å². The van der Waals surface area contributed by atoms with Crippen molar-refractivity contribution in [2.75, 3.05) is 32.7 Å². The van der Waals surface area contributed by atoms with Crippen LogP contribution in [0.3, 0.4) is 0 Å². The van der Waals surface area contributed by atoms with Crippen LogP contribution in [0.1, 0.15) is 51.4 Å². The van der Waals surface area contributed by atoms with Crippen molar-refractivity contribution in [2.45, 2.75) is 68.3 Å². The highest BCUT2D eigenvalue weighted by Gasteiger charge is 2.38. The molecule has 1 saturated heterocycles. The van der Waals surface area contributed by atoms with Crippen molar-refractivity contribution in [1.82, 2.24) is 14.1 Å². The summed E-state index contributed by atoms with van der Waals surface area (Å²) in [4.78, 5) is 17.7. The average molecular weight is 454 g/mol. The number of carbonyl (C=O) groups is 1. The van der Waals surface area contributed by atoms with Gasteiger partial charge in [0, 0.05) is 31.7 Å². The van der Waals surface area contributed by atoms with Gasteiger partial charge in [-0.05, 0) is 50.8 Å². The standard InChI is InChI=1S/C22H32ClN3O3S/c23-20-9-4-5-10-21(20)30(28,29)25-14-6-13-24(15-16-25)17-22(27)26(19-11-12-19)18-7-2-1-3-8-18/h4-5,9-10,18-19H,1-3,6-8,11-17H2. The molecule has 3 fully saturated rings. The molecule has 0 bridgehead atoms. The lowest BCUT2D eigenvalue weighted by atomic mass is 9.94. The Bertz CT molecular complexity index is 853. The van der Waals surface area contributed by atoms with Gasteiger partial charge in [-0.2, -0.15) is 4.31 Å². The van der Waals surface area contributed by atoms with Crippen LogP contribution in [0, 0.1) is 0 Å². The van der Waals surface area contributed by atoms with Gasteiger partial charge in [0.1, 0.15) is 4.90 Å². The van der Waals surface area contributed by atoms with E-state index >= 15 is 0 Å². The highest BCUT2D eigenvalue weighted by Crippen LogP contribution is 2.34. The van der Waals surface area contributed by atoms with Crippen LogP contribution in [0.4, 0.5) is 0 Å². The van der Waals surface area contributed by atoms with Crippen molar-refractivity contribution in [3.63, 3.8) is 0 Å². The number of hydrogen-bond acceptors (Lipinski definition) is 4. The first-order valence-electron chi connectivity index (χ1n) is 11.2. The van der Waals surface area contributed by atoms with Crippen LogP contribution < -0.4 is 0 Å². The third-order valence-electron chi connectivity index (χ3n) is 6.56. The van der Waals surface area contributed by atoms with Gasteiger partial charge in [-0.25, -0.2) is 8.42 Å². The van der Waals surface area contributed by atoms with Crippen LogP contribution in [0.5, 0.6) is 0 Å². The lowest BCUT2D eigenvalue weighted by Crippen LogP contribution is -2.48. The van der Waals surface area contributed by atoms with Gasteiger partial charge in [-0.1, -0.05) is 43.0 Å². The van der Waals surface area contributed by atoms with Crippen LogP contribution >= 0.6 is 11.6 Å². The summed E-state index contributed by atoms with van der Waals surface area (Å²) in [6.07, 6.45) is 8.96. The van der Waals surface area contributed by atoms with Crippen molar-refractivity contribution in [1.29, 1.82) is 0 Å². The molecule has 166 valence electrons. The number of hydrogen-bond donors (Lipinski definition) is 0. The van der Waals surface area contributed by atoms with E-state index in [0.717, 1.165) is 32.2 Å². The summed E-state index contributed by atoms with van der Waals surface area (Å²) in [5, 5.41) is 0.251. The van der Waals surface area contributed by atoms with Crippen molar-refractivity contribution in [3.8, 4) is 0 Å². The third-order valence-corrected chi connectivity index (χ3v) is 8.96. The van der Waals surface area contributed by atoms with Gasteiger partial charge in [0.25, 0.3) is 0 Å². The number of carbonyl (C=O) groups excluding carboxylic acids is 1. The molecule has 0 radical (unpaired) electrons. The first-order chi connectivity index (χ1) is 14.5. The second kappa shape index (κ2) is 9.55. The monoisotopic (exact) mass is 453 g/mol. The number of amides is 1. The van der Waals surface area contributed by atoms with E-state index in [-0.39, 0.29) is 15.8 Å². The van der Waals surface area contributed by atoms with Gasteiger partial charge in [-0.3, -0.25) is 9.69 Å². The van der Waals surface area contributed by atoms with Crippen molar-refractivity contribution in [3.05, 3.63) is 29.3 Å². The van der Waals surface area contributed by atoms with E-state index in [4.69, 9.17) is 11.6 Å². The normalized spacial score (nSPS) is 22.6. The lowest BCUT2D eigenvalue weighted by Gasteiger charge is -2.36. The largest absolute Gasteiger partial charge is 0.336 e. The van der Waals surface area contributed by atoms with Gasteiger partial charge in [-0.15, -0.1) is 0 Å². The first-order valence-corrected chi connectivity index (χ1v) is 13.1. The molecular weight excluding hydrogens is 422 g/mol. The lowest BCUT2D eigenvalue weighted by molar-refractivity contribution is -0.136. The number of halogens is 1. The molecule has 1 amide bonds. The summed E-state index contributed by atoms with van der Waals surface area (Å²) in [5.74, 6) is 0.229. The zero-order chi connectivity index (χ0) is 21.1. The van der Waals surface area contributed by atoms with Crippen molar-refractivity contribution in [2.24, 2.45) is 0 Å². The van der Waals surface area contributed by atoms with E-state index in [0.29, 0.717) is 44.7 Å². The van der Waals surface area contributed by atoms with Gasteiger partial charge in [0.2, 0.25) is 15.9 Å². The molecule has 0 atom stereocenters. The minimum Gasteiger partial charge on any atom is -0.336 e. The van der Waals surface area contributed by atoms with Crippen LogP contribution in [0.15, 0.2) is 29.2 Å². The molecule has 3 aliphatic rings. The van der Waals surface area contributed by atoms with E-state index < -0.39 is 10.0 Å². The topological polar surface area (TPSA) is 60.9 Å². The number of rotatable bonds is 6. The molecular formula is C22H32ClN3O3S. The minimum atomic E-state index is -3.63. The van der Waals surface area contributed by atoms with E-state index in [2.05, 4.69) is 9.80 Å². The number of sulfonamides is 1. The molecule has 4 rings (SSSR count). The van der Waals surface area contributed by atoms with E-state index in [9.17, 15) is 13.2 Å². The fourth-order valence-corrected chi connectivity index (χ4v) is 6.79. The average Bonchev–Trinajstić information content (AvgIpc) is 3.57. The Morgan fingerprint density at radius 3 is 2.33 bits per heavy atom. The molecule has 0 N–H and O–H groups in total. The fourth-order valence-electron chi connectivity index (χ4n) is 4.83. The Hall–Kier alpha value is -1.15. The third kappa shape index (κ3) is 5.01. The number of nitrogens with zero attached hydrogens (tertiary/aromatic N) is 3. The summed E-state index contributed by atoms with van der Waals surface area (Å²) in [5.41, 5.74) is 0. The summed E-state index contributed by atoms with van der Waals surface area (Å²) in [7, 11) is -3.63. The summed E-state index contributed by atoms with van der Waals surface area (Å²) < 4.78 is 27.6. The Morgan fingerprint density at radius 1 is 0.933 bits per heavy atom. The smallest absolute Gasteiger partial charge is 0.244 e. The van der Waals surface area contributed by atoms with Crippen molar-refractivity contribution < 1.29 is 13.2 Å². The van der Waals surface area contributed by atoms with Crippen LogP contribution in [-0.4, -0.2) is 73.2 Å². The molecule has 30 heavy (non-hydrogen) atoms. The maximum atomic E-state index is 13.2. The molecule has 1 aromatic carbocycles. The molecule has 1 heterocycles. The SMILES string of the molecule is O=C(CN1CCCN(S(=O)(=O)c2ccccc2Cl)CC1)N(C1CCCCC1)C1CC1. The minimum absolute atomic E-state index is 0.161. The first kappa shape index (κ1) is 22.1. The zero-order valence-corrected chi connectivity index (χ0v) is 19.1. The molecule has 1 aromatic rings. The quantitative estimate of drug-likeness (QED) is 0.662. The summed E-state index contributed by atoms with van der Waals surface area (Å²) in [6, 6.07) is 7.43. The van der Waals surface area contributed by atoms with Crippen LogP contribution in [-0.2, 0) is 14.8 Å². The fraction of sp³-hybridized carbons (Fsp3) is 0.682. The van der Waals surface area contributed by atoms with E-state index in [1.54, 1.807) is 24.3 Å².